The molecule has 0 unspecified atom stereocenters. The van der Waals surface area contributed by atoms with Gasteiger partial charge in [-0.2, -0.15) is 0 Å². The second-order valence-corrected chi connectivity index (χ2v) is 2.84. The van der Waals surface area contributed by atoms with Gasteiger partial charge in [0.05, 0.1) is 0 Å². The van der Waals surface area contributed by atoms with Crippen LogP contribution in [0.25, 0.3) is 10.9 Å². The van der Waals surface area contributed by atoms with E-state index in [9.17, 15) is 0 Å². The minimum atomic E-state index is 1.05. The fourth-order valence-electron chi connectivity index (χ4n) is 1.26. The van der Waals surface area contributed by atoms with Crippen molar-refractivity contribution in [3.63, 3.8) is 0 Å². The van der Waals surface area contributed by atoms with Crippen LogP contribution in [0.4, 0.5) is 0 Å². The summed E-state index contributed by atoms with van der Waals surface area (Å²) in [7, 11) is 0. The Morgan fingerprint density at radius 1 is 1.23 bits per heavy atom. The molecule has 1 N–H and O–H groups in total. The summed E-state index contributed by atoms with van der Waals surface area (Å²) in [4.78, 5) is 7.41. The lowest BCUT2D eigenvalue weighted by Crippen LogP contribution is -1.78. The molecular formula is C11H16N2. The molecule has 0 aliphatic carbocycles. The van der Waals surface area contributed by atoms with Crippen molar-refractivity contribution in [3.05, 3.63) is 29.7 Å². The predicted molar refractivity (Wildman–Crippen MR) is 56.9 cm³/mol. The maximum absolute atomic E-state index is 4.22. The smallest absolute Gasteiger partial charge is 0.0490 e. The zero-order valence-electron chi connectivity index (χ0n) is 8.68. The average molecular weight is 176 g/mol. The number of hydrogen-bond acceptors (Lipinski definition) is 1. The number of pyridine rings is 1. The lowest BCUT2D eigenvalue weighted by atomic mass is 10.2. The van der Waals surface area contributed by atoms with Gasteiger partial charge < -0.3 is 4.98 Å². The molecule has 2 aromatic heterocycles. The Morgan fingerprint density at radius 3 is 2.62 bits per heavy atom. The molecule has 0 aliphatic heterocycles. The van der Waals surface area contributed by atoms with Gasteiger partial charge in [0.15, 0.2) is 0 Å². The van der Waals surface area contributed by atoms with E-state index >= 15 is 0 Å². The molecule has 0 aliphatic rings. The lowest BCUT2D eigenvalue weighted by Gasteiger charge is -1.91. The van der Waals surface area contributed by atoms with E-state index in [1.807, 2.05) is 33.2 Å². The number of aromatic amines is 1. The van der Waals surface area contributed by atoms with E-state index < -0.39 is 0 Å². The van der Waals surface area contributed by atoms with E-state index in [4.69, 9.17) is 0 Å². The number of rotatable bonds is 0. The third-order valence-electron chi connectivity index (χ3n) is 1.91. The summed E-state index contributed by atoms with van der Waals surface area (Å²) in [6.45, 7) is 8.07. The van der Waals surface area contributed by atoms with Crippen molar-refractivity contribution in [3.8, 4) is 0 Å². The van der Waals surface area contributed by atoms with E-state index in [-0.39, 0.29) is 0 Å². The molecule has 2 heterocycles. The molecule has 0 saturated carbocycles. The normalized spacial score (nSPS) is 9.54. The zero-order valence-corrected chi connectivity index (χ0v) is 8.68. The van der Waals surface area contributed by atoms with Crippen LogP contribution < -0.4 is 0 Å². The summed E-state index contributed by atoms with van der Waals surface area (Å²) in [5.41, 5.74) is 3.49. The Morgan fingerprint density at radius 2 is 1.92 bits per heavy atom. The molecule has 70 valence electrons. The SMILES string of the molecule is CC.Cc1cc2[nH]cc(C)c2cn1. The number of aryl methyl sites for hydroxylation is 2. The van der Waals surface area contributed by atoms with Crippen molar-refractivity contribution in [2.75, 3.05) is 0 Å². The van der Waals surface area contributed by atoms with Gasteiger partial charge in [-0.1, -0.05) is 13.8 Å². The van der Waals surface area contributed by atoms with Crippen molar-refractivity contribution in [2.45, 2.75) is 27.7 Å². The highest BCUT2D eigenvalue weighted by Gasteiger charge is 1.98. The third kappa shape index (κ3) is 1.89. The maximum atomic E-state index is 4.22. The summed E-state index contributed by atoms with van der Waals surface area (Å²) in [6, 6.07) is 2.06. The second kappa shape index (κ2) is 4.08. The number of nitrogens with one attached hydrogen (secondary N) is 1. The number of nitrogens with zero attached hydrogens (tertiary/aromatic N) is 1. The van der Waals surface area contributed by atoms with E-state index in [0.717, 1.165) is 5.69 Å². The first-order valence-electron chi connectivity index (χ1n) is 4.68. The van der Waals surface area contributed by atoms with Gasteiger partial charge in [-0.25, -0.2) is 0 Å². The van der Waals surface area contributed by atoms with E-state index in [0.29, 0.717) is 0 Å². The van der Waals surface area contributed by atoms with Gasteiger partial charge >= 0.3 is 0 Å². The van der Waals surface area contributed by atoms with Crippen molar-refractivity contribution < 1.29 is 0 Å². The van der Waals surface area contributed by atoms with Crippen LogP contribution in [0.3, 0.4) is 0 Å². The van der Waals surface area contributed by atoms with Gasteiger partial charge in [-0.15, -0.1) is 0 Å². The topological polar surface area (TPSA) is 28.7 Å². The summed E-state index contributed by atoms with van der Waals surface area (Å²) < 4.78 is 0. The van der Waals surface area contributed by atoms with Gasteiger partial charge in [-0.3, -0.25) is 4.98 Å². The molecule has 2 rings (SSSR count). The number of hydrogen-bond donors (Lipinski definition) is 1. The van der Waals surface area contributed by atoms with Gasteiger partial charge in [0.25, 0.3) is 0 Å². The van der Waals surface area contributed by atoms with Crippen molar-refractivity contribution >= 4 is 10.9 Å². The first-order valence-corrected chi connectivity index (χ1v) is 4.68. The standard InChI is InChI=1S/C9H10N2.C2H6/c1-6-4-11-9-3-7(2)10-5-8(6)9;1-2/h3-5,11H,1-2H3;1-2H3. The largest absolute Gasteiger partial charge is 0.361 e. The van der Waals surface area contributed by atoms with Crippen LogP contribution in [-0.4, -0.2) is 9.97 Å². The average Bonchev–Trinajstić information content (AvgIpc) is 2.51. The van der Waals surface area contributed by atoms with Crippen molar-refractivity contribution in [1.29, 1.82) is 0 Å². The van der Waals surface area contributed by atoms with Gasteiger partial charge in [0, 0.05) is 29.0 Å². The molecule has 0 saturated heterocycles. The van der Waals surface area contributed by atoms with E-state index in [2.05, 4.69) is 23.0 Å². The first kappa shape index (κ1) is 9.78. The quantitative estimate of drug-likeness (QED) is 0.656. The fourth-order valence-corrected chi connectivity index (χ4v) is 1.26. The van der Waals surface area contributed by atoms with Crippen LogP contribution >= 0.6 is 0 Å². The highest BCUT2D eigenvalue weighted by Crippen LogP contribution is 2.15. The Hall–Kier alpha value is -1.31. The lowest BCUT2D eigenvalue weighted by molar-refractivity contribution is 1.22. The molecule has 2 nitrogen and oxygen atoms in total. The molecule has 0 amide bonds. The Bertz CT molecular complexity index is 388. The predicted octanol–water partition coefficient (Wildman–Crippen LogP) is 3.21. The van der Waals surface area contributed by atoms with Crippen molar-refractivity contribution in [1.82, 2.24) is 9.97 Å². The molecular weight excluding hydrogens is 160 g/mol. The second-order valence-electron chi connectivity index (χ2n) is 2.84. The minimum Gasteiger partial charge on any atom is -0.361 e. The van der Waals surface area contributed by atoms with Gasteiger partial charge in [0.2, 0.25) is 0 Å². The summed E-state index contributed by atoms with van der Waals surface area (Å²) >= 11 is 0. The van der Waals surface area contributed by atoms with Crippen LogP contribution in [0.1, 0.15) is 25.1 Å². The van der Waals surface area contributed by atoms with E-state index in [1.54, 1.807) is 0 Å². The molecule has 0 radical (unpaired) electrons. The molecule has 0 atom stereocenters. The first-order chi connectivity index (χ1) is 6.27. The Kier molecular flexibility index (Phi) is 3.07. The van der Waals surface area contributed by atoms with Crippen LogP contribution in [0.15, 0.2) is 18.5 Å². The zero-order chi connectivity index (χ0) is 9.84. The Balaban J connectivity index is 0.000000396. The molecule has 13 heavy (non-hydrogen) atoms. The van der Waals surface area contributed by atoms with Crippen LogP contribution in [0.5, 0.6) is 0 Å². The van der Waals surface area contributed by atoms with Crippen LogP contribution in [-0.2, 0) is 0 Å². The number of H-pyrrole nitrogens is 1. The van der Waals surface area contributed by atoms with Crippen LogP contribution in [0.2, 0.25) is 0 Å². The molecule has 2 heteroatoms. The molecule has 0 bridgehead atoms. The van der Waals surface area contributed by atoms with Crippen LogP contribution in [0, 0.1) is 13.8 Å². The van der Waals surface area contributed by atoms with Gasteiger partial charge in [0.1, 0.15) is 0 Å². The molecule has 2 aromatic rings. The summed E-state index contributed by atoms with van der Waals surface area (Å²) in [5.74, 6) is 0. The number of aromatic nitrogens is 2. The third-order valence-corrected chi connectivity index (χ3v) is 1.91. The minimum absolute atomic E-state index is 1.05. The number of fused-ring (bicyclic) bond motifs is 1. The highest BCUT2D eigenvalue weighted by molar-refractivity contribution is 5.82. The fraction of sp³-hybridized carbons (Fsp3) is 0.364. The maximum Gasteiger partial charge on any atom is 0.0490 e. The molecule has 0 fully saturated rings. The molecule has 0 aromatic carbocycles. The Labute approximate surface area is 79.0 Å². The van der Waals surface area contributed by atoms with Crippen molar-refractivity contribution in [2.24, 2.45) is 0 Å². The summed E-state index contributed by atoms with van der Waals surface area (Å²) in [5, 5.41) is 1.22. The molecule has 0 spiro atoms. The van der Waals surface area contributed by atoms with Gasteiger partial charge in [-0.05, 0) is 25.5 Å². The highest BCUT2D eigenvalue weighted by atomic mass is 14.7. The summed E-state index contributed by atoms with van der Waals surface area (Å²) in [6.07, 6.45) is 3.92. The monoisotopic (exact) mass is 176 g/mol. The van der Waals surface area contributed by atoms with E-state index in [1.165, 1.54) is 16.5 Å².